The zero-order chi connectivity index (χ0) is 21.4. The molecule has 0 unspecified atom stereocenters. The second-order valence-electron chi connectivity index (χ2n) is 7.47. The molecule has 0 amide bonds. The molecular weight excluding hydrogens is 410 g/mol. The molecule has 156 valence electrons. The van der Waals surface area contributed by atoms with Crippen LogP contribution in [0.25, 0.3) is 10.9 Å². The second kappa shape index (κ2) is 8.03. The highest BCUT2D eigenvalue weighted by Gasteiger charge is 2.28. The predicted octanol–water partition coefficient (Wildman–Crippen LogP) is 4.84. The summed E-state index contributed by atoms with van der Waals surface area (Å²) in [6.45, 7) is 4.49. The maximum absolute atomic E-state index is 12.6. The molecule has 5 rings (SSSR count). The Labute approximate surface area is 183 Å². The molecule has 1 aromatic carbocycles. The highest BCUT2D eigenvalue weighted by atomic mass is 32.1. The summed E-state index contributed by atoms with van der Waals surface area (Å²) in [5.74, 6) is 1.87. The third-order valence-electron chi connectivity index (χ3n) is 5.38. The Hall–Kier alpha value is -3.39. The van der Waals surface area contributed by atoms with Gasteiger partial charge in [0.05, 0.1) is 29.1 Å². The lowest BCUT2D eigenvalue weighted by atomic mass is 9.86. The molecule has 4 aromatic rings. The third-order valence-corrected chi connectivity index (χ3v) is 6.41. The number of aryl methyl sites for hydroxylation is 1. The molecule has 1 aliphatic rings. The minimum Gasteiger partial charge on any atom is -0.494 e. The lowest BCUT2D eigenvalue weighted by Gasteiger charge is -2.22. The van der Waals surface area contributed by atoms with E-state index in [1.807, 2.05) is 43.5 Å². The fourth-order valence-corrected chi connectivity index (χ4v) is 4.73. The summed E-state index contributed by atoms with van der Waals surface area (Å²) in [7, 11) is 0. The van der Waals surface area contributed by atoms with Gasteiger partial charge < -0.3 is 4.74 Å². The van der Waals surface area contributed by atoms with Crippen molar-refractivity contribution in [3.63, 3.8) is 0 Å². The Morgan fingerprint density at radius 3 is 2.87 bits per heavy atom. The summed E-state index contributed by atoms with van der Waals surface area (Å²) in [6.07, 6.45) is 2.83. The van der Waals surface area contributed by atoms with Crippen LogP contribution in [0, 0.1) is 6.92 Å². The first-order valence-electron chi connectivity index (χ1n) is 10.2. The minimum atomic E-state index is 0.0918. The smallest absolute Gasteiger partial charge is 0.230 e. The standard InChI is InChI=1S/C23H21N5O2S/c1-3-30-15-6-7-18-16(11-15)13(2)25-23(26-18)28-22-24-12-17-19(27-22)9-14(10-20(17)29)21-5-4-8-31-21/h4-8,11-12,14H,3,9-10H2,1-2H3,(H,24,25,26,27,28)/t14-/m0/s1. The van der Waals surface area contributed by atoms with E-state index in [9.17, 15) is 4.79 Å². The van der Waals surface area contributed by atoms with E-state index in [1.54, 1.807) is 17.5 Å². The van der Waals surface area contributed by atoms with Gasteiger partial charge in [0.25, 0.3) is 0 Å². The van der Waals surface area contributed by atoms with Gasteiger partial charge in [-0.25, -0.2) is 19.9 Å². The number of benzene rings is 1. The van der Waals surface area contributed by atoms with E-state index in [-0.39, 0.29) is 11.7 Å². The van der Waals surface area contributed by atoms with Gasteiger partial charge in [0.15, 0.2) is 5.78 Å². The molecule has 3 heterocycles. The van der Waals surface area contributed by atoms with Crippen molar-refractivity contribution in [1.29, 1.82) is 0 Å². The molecule has 0 saturated heterocycles. The van der Waals surface area contributed by atoms with Gasteiger partial charge in [-0.05, 0) is 49.9 Å². The van der Waals surface area contributed by atoms with E-state index in [4.69, 9.17) is 4.74 Å². The van der Waals surface area contributed by atoms with Crippen molar-refractivity contribution < 1.29 is 9.53 Å². The molecule has 0 bridgehead atoms. The average molecular weight is 432 g/mol. The van der Waals surface area contributed by atoms with Gasteiger partial charge in [0, 0.05) is 28.8 Å². The molecule has 1 aliphatic carbocycles. The monoisotopic (exact) mass is 431 g/mol. The predicted molar refractivity (Wildman–Crippen MR) is 120 cm³/mol. The first-order valence-corrected chi connectivity index (χ1v) is 11.1. The number of hydrogen-bond acceptors (Lipinski definition) is 8. The van der Waals surface area contributed by atoms with E-state index in [1.165, 1.54) is 4.88 Å². The molecular formula is C23H21N5O2S. The highest BCUT2D eigenvalue weighted by molar-refractivity contribution is 7.10. The van der Waals surface area contributed by atoms with E-state index >= 15 is 0 Å². The van der Waals surface area contributed by atoms with Crippen molar-refractivity contribution >= 4 is 39.9 Å². The summed E-state index contributed by atoms with van der Waals surface area (Å²) in [6, 6.07) is 9.86. The molecule has 1 N–H and O–H groups in total. The summed E-state index contributed by atoms with van der Waals surface area (Å²) in [5.41, 5.74) is 3.02. The van der Waals surface area contributed by atoms with Crippen molar-refractivity contribution in [3.8, 4) is 5.75 Å². The van der Waals surface area contributed by atoms with E-state index < -0.39 is 0 Å². The fourth-order valence-electron chi connectivity index (χ4n) is 3.90. The minimum absolute atomic E-state index is 0.0918. The molecule has 0 saturated carbocycles. The largest absolute Gasteiger partial charge is 0.494 e. The number of nitrogens with one attached hydrogen (secondary N) is 1. The normalized spacial score (nSPS) is 15.7. The van der Waals surface area contributed by atoms with Gasteiger partial charge in [0.1, 0.15) is 5.75 Å². The molecule has 3 aromatic heterocycles. The number of nitrogens with zero attached hydrogens (tertiary/aromatic N) is 4. The van der Waals surface area contributed by atoms with Gasteiger partial charge in [0.2, 0.25) is 11.9 Å². The van der Waals surface area contributed by atoms with Gasteiger partial charge >= 0.3 is 0 Å². The average Bonchev–Trinajstić information content (AvgIpc) is 3.29. The van der Waals surface area contributed by atoms with Crippen molar-refractivity contribution in [2.75, 3.05) is 11.9 Å². The zero-order valence-corrected chi connectivity index (χ0v) is 18.1. The van der Waals surface area contributed by atoms with Crippen LogP contribution in [-0.2, 0) is 6.42 Å². The van der Waals surface area contributed by atoms with Gasteiger partial charge in [-0.2, -0.15) is 0 Å². The number of aromatic nitrogens is 4. The number of hydrogen-bond donors (Lipinski definition) is 1. The summed E-state index contributed by atoms with van der Waals surface area (Å²) >= 11 is 1.68. The Morgan fingerprint density at radius 2 is 2.06 bits per heavy atom. The number of ether oxygens (including phenoxy) is 1. The molecule has 0 spiro atoms. The van der Waals surface area contributed by atoms with Crippen molar-refractivity contribution in [2.24, 2.45) is 0 Å². The summed E-state index contributed by atoms with van der Waals surface area (Å²) in [5, 5.41) is 6.08. The maximum atomic E-state index is 12.6. The van der Waals surface area contributed by atoms with Gasteiger partial charge in [-0.15, -0.1) is 11.3 Å². The number of rotatable bonds is 5. The van der Waals surface area contributed by atoms with Crippen LogP contribution >= 0.6 is 11.3 Å². The van der Waals surface area contributed by atoms with Crippen molar-refractivity contribution in [1.82, 2.24) is 19.9 Å². The van der Waals surface area contributed by atoms with Crippen LogP contribution in [0.3, 0.4) is 0 Å². The van der Waals surface area contributed by atoms with Crippen LogP contribution in [0.1, 0.15) is 45.9 Å². The molecule has 1 atom stereocenters. The number of carbonyl (C=O) groups is 1. The quantitative estimate of drug-likeness (QED) is 0.483. The van der Waals surface area contributed by atoms with Crippen LogP contribution in [-0.4, -0.2) is 32.3 Å². The number of Topliss-reactive ketones (excluding diaryl/α,β-unsaturated/α-hetero) is 1. The topological polar surface area (TPSA) is 89.9 Å². The first kappa shape index (κ1) is 19.6. The molecule has 0 aliphatic heterocycles. The zero-order valence-electron chi connectivity index (χ0n) is 17.3. The lowest BCUT2D eigenvalue weighted by molar-refractivity contribution is 0.0963. The number of carbonyl (C=O) groups excluding carboxylic acids is 1. The van der Waals surface area contributed by atoms with Crippen LogP contribution in [0.4, 0.5) is 11.9 Å². The van der Waals surface area contributed by atoms with Crippen molar-refractivity contribution in [2.45, 2.75) is 32.6 Å². The maximum Gasteiger partial charge on any atom is 0.230 e. The van der Waals surface area contributed by atoms with Gasteiger partial charge in [-0.3, -0.25) is 10.1 Å². The first-order chi connectivity index (χ1) is 15.1. The number of fused-ring (bicyclic) bond motifs is 2. The lowest BCUT2D eigenvalue weighted by Crippen LogP contribution is -2.20. The summed E-state index contributed by atoms with van der Waals surface area (Å²) < 4.78 is 5.57. The van der Waals surface area contributed by atoms with E-state index in [2.05, 4.69) is 31.3 Å². The third kappa shape index (κ3) is 3.86. The number of thiophene rings is 1. The van der Waals surface area contributed by atoms with E-state index in [0.29, 0.717) is 30.5 Å². The molecule has 0 fully saturated rings. The summed E-state index contributed by atoms with van der Waals surface area (Å²) in [4.78, 5) is 31.9. The Morgan fingerprint density at radius 1 is 1.16 bits per heavy atom. The second-order valence-corrected chi connectivity index (χ2v) is 8.45. The van der Waals surface area contributed by atoms with Gasteiger partial charge in [-0.1, -0.05) is 6.07 Å². The van der Waals surface area contributed by atoms with Crippen LogP contribution in [0.15, 0.2) is 41.9 Å². The molecule has 31 heavy (non-hydrogen) atoms. The van der Waals surface area contributed by atoms with Crippen LogP contribution in [0.2, 0.25) is 0 Å². The van der Waals surface area contributed by atoms with E-state index in [0.717, 1.165) is 34.5 Å². The molecule has 8 heteroatoms. The Bertz CT molecular complexity index is 1270. The number of anilines is 2. The van der Waals surface area contributed by atoms with Crippen molar-refractivity contribution in [3.05, 3.63) is 63.7 Å². The highest BCUT2D eigenvalue weighted by Crippen LogP contribution is 2.34. The Balaban J connectivity index is 1.43. The fraction of sp³-hybridized carbons (Fsp3) is 0.261. The van der Waals surface area contributed by atoms with Crippen LogP contribution in [0.5, 0.6) is 5.75 Å². The number of ketones is 1. The molecule has 7 nitrogen and oxygen atoms in total. The SMILES string of the molecule is CCOc1ccc2nc(Nc3ncc4c(n3)C[C@H](c3cccs3)CC4=O)nc(C)c2c1. The van der Waals surface area contributed by atoms with Crippen LogP contribution < -0.4 is 10.1 Å². The Kier molecular flexibility index (Phi) is 5.07. The molecule has 0 radical (unpaired) electrons.